The van der Waals surface area contributed by atoms with Gasteiger partial charge >= 0.3 is 5.97 Å². The van der Waals surface area contributed by atoms with E-state index in [0.717, 1.165) is 0 Å². The average molecular weight is 407 g/mol. The number of anilines is 1. The molecule has 0 unspecified atom stereocenters. The van der Waals surface area contributed by atoms with Crippen LogP contribution in [0.1, 0.15) is 22.8 Å². The topological polar surface area (TPSA) is 131 Å². The first kappa shape index (κ1) is 20.5. The normalized spacial score (nSPS) is 10.8. The molecule has 3 rings (SSSR count). The second kappa shape index (κ2) is 8.82. The summed E-state index contributed by atoms with van der Waals surface area (Å²) in [5.41, 5.74) is 0.627. The zero-order valence-corrected chi connectivity index (χ0v) is 15.9. The van der Waals surface area contributed by atoms with Crippen molar-refractivity contribution in [3.8, 4) is 0 Å². The molecule has 1 aromatic heterocycles. The molecule has 0 aliphatic rings. The van der Waals surface area contributed by atoms with Gasteiger partial charge in [-0.15, -0.1) is 0 Å². The smallest absolute Gasteiger partial charge is 0.343 e. The number of carbonyl (C=O) groups excluding carboxylic acids is 2. The number of nitrogens with one attached hydrogen (secondary N) is 2. The summed E-state index contributed by atoms with van der Waals surface area (Å²) in [6, 6.07) is 10.5. The number of hydrogen-bond acceptors (Lipinski definition) is 6. The molecule has 0 fully saturated rings. The number of fused-ring (bicyclic) bond motifs is 1. The molecule has 0 radical (unpaired) electrons. The maximum absolute atomic E-state index is 12.6. The summed E-state index contributed by atoms with van der Waals surface area (Å²) >= 11 is 0. The number of rotatable bonds is 6. The van der Waals surface area contributed by atoms with Gasteiger partial charge in [0.1, 0.15) is 5.56 Å². The predicted octanol–water partition coefficient (Wildman–Crippen LogP) is 3.26. The Balaban J connectivity index is 1.81. The molecule has 0 atom stereocenters. The van der Waals surface area contributed by atoms with Crippen LogP contribution in [0.25, 0.3) is 17.0 Å². The summed E-state index contributed by atoms with van der Waals surface area (Å²) in [5, 5.41) is 13.7. The lowest BCUT2D eigenvalue weighted by atomic mass is 10.1. The largest absolute Gasteiger partial charge is 0.462 e. The van der Waals surface area contributed by atoms with Crippen LogP contribution in [0, 0.1) is 10.1 Å². The highest BCUT2D eigenvalue weighted by Gasteiger charge is 2.14. The molecule has 2 N–H and O–H groups in total. The Kier molecular flexibility index (Phi) is 6.02. The number of nitro groups is 1. The fraction of sp³-hybridized carbons (Fsp3) is 0.0952. The van der Waals surface area contributed by atoms with Crippen molar-refractivity contribution in [2.75, 3.05) is 11.9 Å². The highest BCUT2D eigenvalue weighted by molar-refractivity contribution is 6.03. The van der Waals surface area contributed by atoms with Crippen LogP contribution >= 0.6 is 0 Å². The van der Waals surface area contributed by atoms with Gasteiger partial charge in [-0.3, -0.25) is 19.7 Å². The van der Waals surface area contributed by atoms with Crippen LogP contribution in [0.3, 0.4) is 0 Å². The van der Waals surface area contributed by atoms with E-state index in [9.17, 15) is 24.5 Å². The van der Waals surface area contributed by atoms with Gasteiger partial charge in [0.25, 0.3) is 5.69 Å². The summed E-state index contributed by atoms with van der Waals surface area (Å²) < 4.78 is 4.87. The minimum Gasteiger partial charge on any atom is -0.462 e. The lowest BCUT2D eigenvalue weighted by molar-refractivity contribution is -0.384. The number of hydrogen-bond donors (Lipinski definition) is 2. The maximum atomic E-state index is 12.6. The Morgan fingerprint density at radius 1 is 1.23 bits per heavy atom. The van der Waals surface area contributed by atoms with Crippen molar-refractivity contribution in [2.45, 2.75) is 6.92 Å². The number of aromatic nitrogens is 1. The van der Waals surface area contributed by atoms with E-state index < -0.39 is 22.2 Å². The van der Waals surface area contributed by atoms with Crippen molar-refractivity contribution >= 4 is 40.2 Å². The number of H-pyrrole nitrogens is 1. The number of amides is 1. The zero-order valence-electron chi connectivity index (χ0n) is 15.9. The molecule has 152 valence electrons. The standard InChI is InChI=1S/C21H17N3O6/c1-2-30-21(27)17-12-22-18-8-7-14(11-16(18)20(17)26)23-19(25)9-6-13-4-3-5-15(10-13)24(28)29/h3-12H,2H2,1H3,(H,22,26)(H,23,25)/b9-6+. The van der Waals surface area contributed by atoms with Gasteiger partial charge in [-0.1, -0.05) is 12.1 Å². The zero-order chi connectivity index (χ0) is 21.7. The van der Waals surface area contributed by atoms with Crippen molar-refractivity contribution in [3.63, 3.8) is 0 Å². The number of nitrogens with zero attached hydrogens (tertiary/aromatic N) is 1. The van der Waals surface area contributed by atoms with E-state index in [2.05, 4.69) is 10.3 Å². The number of pyridine rings is 1. The molecule has 0 aliphatic heterocycles. The molecule has 2 aromatic carbocycles. The Labute approximate surface area is 170 Å². The van der Waals surface area contributed by atoms with Gasteiger partial charge in [0.05, 0.1) is 11.5 Å². The number of benzene rings is 2. The van der Waals surface area contributed by atoms with Gasteiger partial charge in [-0.05, 0) is 36.8 Å². The molecule has 0 saturated heterocycles. The van der Waals surface area contributed by atoms with E-state index >= 15 is 0 Å². The summed E-state index contributed by atoms with van der Waals surface area (Å²) in [6.07, 6.45) is 3.96. The fourth-order valence-electron chi connectivity index (χ4n) is 2.75. The minimum atomic E-state index is -0.727. The van der Waals surface area contributed by atoms with Crippen molar-refractivity contribution in [3.05, 3.63) is 86.2 Å². The van der Waals surface area contributed by atoms with Crippen molar-refractivity contribution in [2.24, 2.45) is 0 Å². The molecule has 3 aromatic rings. The molecule has 9 heteroatoms. The van der Waals surface area contributed by atoms with Crippen LogP contribution in [0.2, 0.25) is 0 Å². The van der Waals surface area contributed by atoms with Crippen LogP contribution in [0.5, 0.6) is 0 Å². The average Bonchev–Trinajstić information content (AvgIpc) is 2.73. The van der Waals surface area contributed by atoms with Gasteiger partial charge in [0, 0.05) is 41.0 Å². The third kappa shape index (κ3) is 4.58. The molecule has 0 spiro atoms. The van der Waals surface area contributed by atoms with Crippen molar-refractivity contribution < 1.29 is 19.2 Å². The van der Waals surface area contributed by atoms with E-state index in [1.807, 2.05) is 0 Å². The molecule has 9 nitrogen and oxygen atoms in total. The van der Waals surface area contributed by atoms with Gasteiger partial charge in [-0.25, -0.2) is 4.79 Å². The van der Waals surface area contributed by atoms with Gasteiger partial charge in [0.2, 0.25) is 11.3 Å². The second-order valence-electron chi connectivity index (χ2n) is 6.19. The molecule has 0 bridgehead atoms. The number of carbonyl (C=O) groups is 2. The van der Waals surface area contributed by atoms with Crippen LogP contribution in [0.4, 0.5) is 11.4 Å². The van der Waals surface area contributed by atoms with Crippen LogP contribution in [-0.2, 0) is 9.53 Å². The van der Waals surface area contributed by atoms with Gasteiger partial charge < -0.3 is 15.0 Å². The SMILES string of the molecule is CCOC(=O)c1c[nH]c2ccc(NC(=O)/C=C/c3cccc([N+](=O)[O-])c3)cc2c1=O. The molecular weight excluding hydrogens is 390 g/mol. The molecule has 30 heavy (non-hydrogen) atoms. The Morgan fingerprint density at radius 3 is 2.77 bits per heavy atom. The Bertz CT molecular complexity index is 1230. The summed E-state index contributed by atoms with van der Waals surface area (Å²) in [7, 11) is 0. The second-order valence-corrected chi connectivity index (χ2v) is 6.19. The van der Waals surface area contributed by atoms with Crippen molar-refractivity contribution in [1.82, 2.24) is 4.98 Å². The van der Waals surface area contributed by atoms with Crippen LogP contribution < -0.4 is 10.7 Å². The van der Waals surface area contributed by atoms with Gasteiger partial charge in [-0.2, -0.15) is 0 Å². The Morgan fingerprint density at radius 2 is 2.03 bits per heavy atom. The molecule has 1 heterocycles. The monoisotopic (exact) mass is 407 g/mol. The quantitative estimate of drug-likeness (QED) is 0.279. The number of esters is 1. The third-order valence-electron chi connectivity index (χ3n) is 4.15. The number of ether oxygens (including phenoxy) is 1. The first-order chi connectivity index (χ1) is 14.4. The lowest BCUT2D eigenvalue weighted by Gasteiger charge is -2.06. The maximum Gasteiger partial charge on any atom is 0.343 e. The van der Waals surface area contributed by atoms with E-state index in [-0.39, 0.29) is 23.2 Å². The predicted molar refractivity (Wildman–Crippen MR) is 111 cm³/mol. The minimum absolute atomic E-state index is 0.0799. The molecule has 0 aliphatic carbocycles. The van der Waals surface area contributed by atoms with Crippen molar-refractivity contribution in [1.29, 1.82) is 0 Å². The highest BCUT2D eigenvalue weighted by Crippen LogP contribution is 2.17. The third-order valence-corrected chi connectivity index (χ3v) is 4.15. The van der Waals surface area contributed by atoms with Crippen LogP contribution in [0.15, 0.2) is 59.5 Å². The Hall–Kier alpha value is -4.27. The molecule has 1 amide bonds. The first-order valence-corrected chi connectivity index (χ1v) is 8.95. The van der Waals surface area contributed by atoms with E-state index in [1.54, 1.807) is 25.1 Å². The van der Waals surface area contributed by atoms with E-state index in [4.69, 9.17) is 4.74 Å². The lowest BCUT2D eigenvalue weighted by Crippen LogP contribution is -2.18. The number of nitro benzene ring substituents is 1. The van der Waals surface area contributed by atoms with Crippen LogP contribution in [-0.4, -0.2) is 28.4 Å². The molecular formula is C21H17N3O6. The number of non-ortho nitro benzene ring substituents is 1. The summed E-state index contributed by atoms with van der Waals surface area (Å²) in [5.74, 6) is -1.21. The molecule has 0 saturated carbocycles. The highest BCUT2D eigenvalue weighted by atomic mass is 16.6. The summed E-state index contributed by atoms with van der Waals surface area (Å²) in [4.78, 5) is 49.8. The summed E-state index contributed by atoms with van der Waals surface area (Å²) in [6.45, 7) is 1.78. The van der Waals surface area contributed by atoms with Gasteiger partial charge in [0.15, 0.2) is 0 Å². The fourth-order valence-corrected chi connectivity index (χ4v) is 2.75. The van der Waals surface area contributed by atoms with E-state index in [1.165, 1.54) is 42.6 Å². The van der Waals surface area contributed by atoms with E-state index in [0.29, 0.717) is 16.8 Å². The first-order valence-electron chi connectivity index (χ1n) is 8.95. The number of aromatic amines is 1.